The summed E-state index contributed by atoms with van der Waals surface area (Å²) in [6.45, 7) is 6.90. The van der Waals surface area contributed by atoms with Crippen LogP contribution in [-0.2, 0) is 11.8 Å². The molecule has 3 nitrogen and oxygen atoms in total. The number of hydrogen-bond acceptors (Lipinski definition) is 4. The van der Waals surface area contributed by atoms with Crippen LogP contribution >= 0.6 is 11.5 Å². The van der Waals surface area contributed by atoms with Gasteiger partial charge in [-0.25, -0.2) is 9.37 Å². The third kappa shape index (κ3) is 3.73. The molecule has 5 heteroatoms. The highest BCUT2D eigenvalue weighted by atomic mass is 32.1. The molecule has 102 valence electrons. The van der Waals surface area contributed by atoms with Gasteiger partial charge in [0, 0.05) is 23.5 Å². The fraction of sp³-hybridized carbons (Fsp3) is 0.429. The molecule has 0 saturated carbocycles. The van der Waals surface area contributed by atoms with Gasteiger partial charge in [-0.3, -0.25) is 0 Å². The Hall–Kier alpha value is -1.49. The van der Waals surface area contributed by atoms with E-state index < -0.39 is 0 Å². The molecule has 1 aromatic heterocycles. The topological polar surface area (TPSA) is 37.8 Å². The first-order valence-electron chi connectivity index (χ1n) is 6.28. The normalized spacial score (nSPS) is 11.6. The lowest BCUT2D eigenvalue weighted by Gasteiger charge is -2.12. The fourth-order valence-electron chi connectivity index (χ4n) is 1.61. The van der Waals surface area contributed by atoms with Crippen LogP contribution in [0.15, 0.2) is 24.3 Å². The van der Waals surface area contributed by atoms with Crippen LogP contribution in [0.2, 0.25) is 0 Å². The molecule has 0 saturated heterocycles. The Kier molecular flexibility index (Phi) is 4.14. The van der Waals surface area contributed by atoms with Gasteiger partial charge in [-0.15, -0.1) is 0 Å². The van der Waals surface area contributed by atoms with Crippen molar-refractivity contribution in [1.29, 1.82) is 0 Å². The molecule has 0 amide bonds. The van der Waals surface area contributed by atoms with Crippen molar-refractivity contribution in [3.8, 4) is 0 Å². The van der Waals surface area contributed by atoms with Crippen LogP contribution in [-0.4, -0.2) is 15.9 Å². The Morgan fingerprint density at radius 1 is 1.26 bits per heavy atom. The van der Waals surface area contributed by atoms with Crippen LogP contribution in [0.4, 0.5) is 9.52 Å². The van der Waals surface area contributed by atoms with Gasteiger partial charge in [-0.05, 0) is 18.1 Å². The van der Waals surface area contributed by atoms with Crippen molar-refractivity contribution in [2.45, 2.75) is 32.6 Å². The maximum atomic E-state index is 13.4. The van der Waals surface area contributed by atoms with Crippen LogP contribution in [0, 0.1) is 5.82 Å². The highest BCUT2D eigenvalue weighted by Crippen LogP contribution is 2.22. The van der Waals surface area contributed by atoms with Crippen molar-refractivity contribution in [2.75, 3.05) is 11.9 Å². The molecule has 0 unspecified atom stereocenters. The van der Waals surface area contributed by atoms with E-state index in [1.165, 1.54) is 17.6 Å². The molecule has 0 bridgehead atoms. The number of nitrogens with zero attached hydrogens (tertiary/aromatic N) is 2. The molecule has 2 rings (SSSR count). The summed E-state index contributed by atoms with van der Waals surface area (Å²) in [4.78, 5) is 4.44. The minimum atomic E-state index is -0.156. The number of halogens is 1. The van der Waals surface area contributed by atoms with E-state index in [2.05, 4.69) is 35.4 Å². The lowest BCUT2D eigenvalue weighted by molar-refractivity contribution is 0.555. The van der Waals surface area contributed by atoms with E-state index in [0.717, 1.165) is 16.5 Å². The zero-order valence-electron chi connectivity index (χ0n) is 11.4. The molecule has 19 heavy (non-hydrogen) atoms. The summed E-state index contributed by atoms with van der Waals surface area (Å²) in [6, 6.07) is 6.84. The summed E-state index contributed by atoms with van der Waals surface area (Å²) in [5.41, 5.74) is 0.678. The number of benzene rings is 1. The first-order chi connectivity index (χ1) is 8.97. The summed E-state index contributed by atoms with van der Waals surface area (Å²) in [7, 11) is 0. The lowest BCUT2D eigenvalue weighted by Crippen LogP contribution is -2.13. The summed E-state index contributed by atoms with van der Waals surface area (Å²) in [5.74, 6) is 0.683. The van der Waals surface area contributed by atoms with E-state index in [-0.39, 0.29) is 11.2 Å². The smallest absolute Gasteiger partial charge is 0.202 e. The monoisotopic (exact) mass is 279 g/mol. The summed E-state index contributed by atoms with van der Waals surface area (Å²) in [5, 5.41) is 3.98. The average molecular weight is 279 g/mol. The highest BCUT2D eigenvalue weighted by molar-refractivity contribution is 7.09. The Morgan fingerprint density at radius 2 is 2.00 bits per heavy atom. The molecule has 0 aliphatic rings. The molecular formula is C14H18FN3S. The van der Waals surface area contributed by atoms with Crippen LogP contribution in [0.5, 0.6) is 0 Å². The SMILES string of the molecule is CC(C)(C)c1nsc(NCCc2ccccc2F)n1. The van der Waals surface area contributed by atoms with Crippen LogP contribution in [0.3, 0.4) is 0 Å². The quantitative estimate of drug-likeness (QED) is 0.928. The second kappa shape index (κ2) is 5.65. The second-order valence-electron chi connectivity index (χ2n) is 5.44. The lowest BCUT2D eigenvalue weighted by atomic mass is 9.96. The zero-order valence-corrected chi connectivity index (χ0v) is 12.2. The minimum absolute atomic E-state index is 0.0397. The molecule has 2 aromatic rings. The Labute approximate surface area is 117 Å². The van der Waals surface area contributed by atoms with Crippen molar-refractivity contribution in [3.63, 3.8) is 0 Å². The number of nitrogens with one attached hydrogen (secondary N) is 1. The van der Waals surface area contributed by atoms with E-state index >= 15 is 0 Å². The molecule has 1 heterocycles. The number of hydrogen-bond donors (Lipinski definition) is 1. The van der Waals surface area contributed by atoms with Gasteiger partial charge in [0.25, 0.3) is 0 Å². The standard InChI is InChI=1S/C14H18FN3S/c1-14(2,3)12-17-13(19-18-12)16-9-8-10-6-4-5-7-11(10)15/h4-7H,8-9H2,1-3H3,(H,16,17,18). The molecule has 1 N–H and O–H groups in total. The fourth-order valence-corrected chi connectivity index (χ4v) is 2.39. The molecule has 0 radical (unpaired) electrons. The Morgan fingerprint density at radius 3 is 2.63 bits per heavy atom. The van der Waals surface area contributed by atoms with Crippen LogP contribution < -0.4 is 5.32 Å². The summed E-state index contributed by atoms with van der Waals surface area (Å²) in [6.07, 6.45) is 0.636. The molecule has 0 atom stereocenters. The molecule has 1 aromatic carbocycles. The van der Waals surface area contributed by atoms with Gasteiger partial charge >= 0.3 is 0 Å². The third-order valence-electron chi connectivity index (χ3n) is 2.73. The maximum absolute atomic E-state index is 13.4. The number of aromatic nitrogens is 2. The van der Waals surface area contributed by atoms with E-state index in [1.54, 1.807) is 12.1 Å². The molecule has 0 aliphatic heterocycles. The number of anilines is 1. The van der Waals surface area contributed by atoms with E-state index in [9.17, 15) is 4.39 Å². The van der Waals surface area contributed by atoms with Crippen molar-refractivity contribution in [3.05, 3.63) is 41.5 Å². The zero-order chi connectivity index (χ0) is 13.9. The molecule has 0 spiro atoms. The van der Waals surface area contributed by atoms with Crippen molar-refractivity contribution in [1.82, 2.24) is 9.36 Å². The van der Waals surface area contributed by atoms with Crippen molar-refractivity contribution < 1.29 is 4.39 Å². The second-order valence-corrected chi connectivity index (χ2v) is 6.19. The minimum Gasteiger partial charge on any atom is -0.360 e. The van der Waals surface area contributed by atoms with Gasteiger partial charge in [0.05, 0.1) is 0 Å². The Balaban J connectivity index is 1.90. The van der Waals surface area contributed by atoms with E-state index in [0.29, 0.717) is 13.0 Å². The van der Waals surface area contributed by atoms with Crippen molar-refractivity contribution in [2.24, 2.45) is 0 Å². The van der Waals surface area contributed by atoms with Gasteiger partial charge < -0.3 is 5.32 Å². The summed E-state index contributed by atoms with van der Waals surface area (Å²) >= 11 is 1.35. The van der Waals surface area contributed by atoms with Gasteiger partial charge in [0.15, 0.2) is 0 Å². The predicted molar refractivity (Wildman–Crippen MR) is 77.2 cm³/mol. The Bertz CT molecular complexity index is 546. The van der Waals surface area contributed by atoms with Gasteiger partial charge in [-0.2, -0.15) is 4.37 Å². The molecule has 0 aliphatic carbocycles. The first kappa shape index (κ1) is 13.9. The van der Waals surface area contributed by atoms with Crippen LogP contribution in [0.1, 0.15) is 32.2 Å². The number of rotatable bonds is 4. The summed E-state index contributed by atoms with van der Waals surface area (Å²) < 4.78 is 17.7. The predicted octanol–water partition coefficient (Wildman–Crippen LogP) is 3.63. The highest BCUT2D eigenvalue weighted by Gasteiger charge is 2.19. The van der Waals surface area contributed by atoms with Crippen molar-refractivity contribution >= 4 is 16.7 Å². The van der Waals surface area contributed by atoms with Gasteiger partial charge in [0.1, 0.15) is 11.6 Å². The van der Waals surface area contributed by atoms with E-state index in [1.807, 2.05) is 6.07 Å². The average Bonchev–Trinajstić information content (AvgIpc) is 2.80. The molecular weight excluding hydrogens is 261 g/mol. The van der Waals surface area contributed by atoms with Gasteiger partial charge in [0.2, 0.25) is 5.13 Å². The van der Waals surface area contributed by atoms with E-state index in [4.69, 9.17) is 0 Å². The largest absolute Gasteiger partial charge is 0.360 e. The maximum Gasteiger partial charge on any atom is 0.202 e. The third-order valence-corrected chi connectivity index (χ3v) is 3.40. The van der Waals surface area contributed by atoms with Gasteiger partial charge in [-0.1, -0.05) is 39.0 Å². The first-order valence-corrected chi connectivity index (χ1v) is 7.05. The molecule has 0 fully saturated rings. The van der Waals surface area contributed by atoms with Crippen LogP contribution in [0.25, 0.3) is 0 Å².